The van der Waals surface area contributed by atoms with Crippen LogP contribution in [0, 0.1) is 0 Å². The van der Waals surface area contributed by atoms with E-state index >= 15 is 0 Å². The maximum absolute atomic E-state index is 5.95. The molecule has 1 saturated heterocycles. The molecular formula is C12H15ClN4. The van der Waals surface area contributed by atoms with Gasteiger partial charge in [0.25, 0.3) is 0 Å². The summed E-state index contributed by atoms with van der Waals surface area (Å²) >= 11 is 5.95. The lowest BCUT2D eigenvalue weighted by Gasteiger charge is -2.26. The van der Waals surface area contributed by atoms with Gasteiger partial charge in [-0.2, -0.15) is 0 Å². The van der Waals surface area contributed by atoms with Gasteiger partial charge in [-0.05, 0) is 12.1 Å². The number of imidazole rings is 1. The zero-order valence-corrected chi connectivity index (χ0v) is 10.3. The zero-order valence-electron chi connectivity index (χ0n) is 9.56. The number of halogens is 1. The van der Waals surface area contributed by atoms with Gasteiger partial charge in [0.2, 0.25) is 0 Å². The first-order chi connectivity index (χ1) is 8.31. The van der Waals surface area contributed by atoms with E-state index in [1.807, 2.05) is 22.7 Å². The fourth-order valence-corrected chi connectivity index (χ4v) is 2.36. The molecule has 0 saturated carbocycles. The van der Waals surface area contributed by atoms with Crippen LogP contribution in [-0.4, -0.2) is 40.5 Å². The molecule has 90 valence electrons. The minimum atomic E-state index is 0.739. The summed E-state index contributed by atoms with van der Waals surface area (Å²) < 4.78 is 1.99. The van der Waals surface area contributed by atoms with E-state index < -0.39 is 0 Å². The van der Waals surface area contributed by atoms with E-state index in [1.54, 1.807) is 0 Å². The van der Waals surface area contributed by atoms with Gasteiger partial charge < -0.3 is 9.72 Å². The van der Waals surface area contributed by atoms with E-state index in [-0.39, 0.29) is 0 Å². The second-order valence-corrected chi connectivity index (χ2v) is 4.81. The number of fused-ring (bicyclic) bond motifs is 1. The molecule has 3 heterocycles. The molecule has 1 aliphatic heterocycles. The summed E-state index contributed by atoms with van der Waals surface area (Å²) in [6.07, 6.45) is 3.95. The molecule has 0 aliphatic carbocycles. The fourth-order valence-electron chi connectivity index (χ4n) is 2.19. The standard InChI is InChI=1S/C12H15ClN4/c13-10-1-2-12-15-11(9-17(12)7-10)8-16-5-3-14-4-6-16/h1-2,7,9,14H,3-6,8H2. The maximum Gasteiger partial charge on any atom is 0.137 e. The molecule has 5 heteroatoms. The molecule has 0 bridgehead atoms. The molecular weight excluding hydrogens is 236 g/mol. The van der Waals surface area contributed by atoms with Crippen molar-refractivity contribution in [3.05, 3.63) is 35.2 Å². The summed E-state index contributed by atoms with van der Waals surface area (Å²) in [6, 6.07) is 3.82. The molecule has 0 spiro atoms. The molecule has 0 amide bonds. The van der Waals surface area contributed by atoms with E-state index in [1.165, 1.54) is 0 Å². The number of hydrogen-bond donors (Lipinski definition) is 1. The molecule has 3 rings (SSSR count). The molecule has 17 heavy (non-hydrogen) atoms. The van der Waals surface area contributed by atoms with Crippen molar-refractivity contribution < 1.29 is 0 Å². The van der Waals surface area contributed by atoms with E-state index in [0.717, 1.165) is 49.1 Å². The molecule has 0 radical (unpaired) electrons. The van der Waals surface area contributed by atoms with Crippen molar-refractivity contribution in [1.29, 1.82) is 0 Å². The predicted molar refractivity (Wildman–Crippen MR) is 68.3 cm³/mol. The van der Waals surface area contributed by atoms with E-state index in [2.05, 4.69) is 21.4 Å². The van der Waals surface area contributed by atoms with Crippen molar-refractivity contribution >= 4 is 17.2 Å². The highest BCUT2D eigenvalue weighted by atomic mass is 35.5. The van der Waals surface area contributed by atoms with Crippen LogP contribution in [0.2, 0.25) is 5.02 Å². The van der Waals surface area contributed by atoms with Crippen LogP contribution in [0.15, 0.2) is 24.5 Å². The van der Waals surface area contributed by atoms with E-state index in [4.69, 9.17) is 11.6 Å². The lowest BCUT2D eigenvalue weighted by molar-refractivity contribution is 0.231. The largest absolute Gasteiger partial charge is 0.314 e. The van der Waals surface area contributed by atoms with Crippen LogP contribution >= 0.6 is 11.6 Å². The molecule has 0 aromatic carbocycles. The van der Waals surface area contributed by atoms with Gasteiger partial charge in [0, 0.05) is 45.1 Å². The fraction of sp³-hybridized carbons (Fsp3) is 0.417. The van der Waals surface area contributed by atoms with Gasteiger partial charge in [-0.15, -0.1) is 0 Å². The average molecular weight is 251 g/mol. The third-order valence-electron chi connectivity index (χ3n) is 3.06. The first-order valence-corrected chi connectivity index (χ1v) is 6.25. The summed E-state index contributed by atoms with van der Waals surface area (Å²) in [5.74, 6) is 0. The first-order valence-electron chi connectivity index (χ1n) is 5.87. The van der Waals surface area contributed by atoms with Gasteiger partial charge in [0.1, 0.15) is 5.65 Å². The van der Waals surface area contributed by atoms with Gasteiger partial charge in [-0.25, -0.2) is 4.98 Å². The first kappa shape index (κ1) is 11.0. The number of aromatic nitrogens is 2. The normalized spacial score (nSPS) is 17.7. The summed E-state index contributed by atoms with van der Waals surface area (Å²) in [5.41, 5.74) is 2.06. The minimum Gasteiger partial charge on any atom is -0.314 e. The Balaban J connectivity index is 1.80. The van der Waals surface area contributed by atoms with Crippen molar-refractivity contribution in [2.45, 2.75) is 6.54 Å². The Labute approximate surface area is 105 Å². The van der Waals surface area contributed by atoms with Gasteiger partial charge in [-0.3, -0.25) is 4.90 Å². The molecule has 1 aliphatic rings. The van der Waals surface area contributed by atoms with Crippen molar-refractivity contribution in [2.24, 2.45) is 0 Å². The number of hydrogen-bond acceptors (Lipinski definition) is 3. The summed E-state index contributed by atoms with van der Waals surface area (Å²) in [7, 11) is 0. The minimum absolute atomic E-state index is 0.739. The van der Waals surface area contributed by atoms with Gasteiger partial charge >= 0.3 is 0 Å². The zero-order chi connectivity index (χ0) is 11.7. The summed E-state index contributed by atoms with van der Waals surface area (Å²) in [4.78, 5) is 7.01. The number of rotatable bonds is 2. The predicted octanol–water partition coefficient (Wildman–Crippen LogP) is 1.39. The van der Waals surface area contributed by atoms with Gasteiger partial charge in [0.15, 0.2) is 0 Å². The van der Waals surface area contributed by atoms with E-state index in [0.29, 0.717) is 0 Å². The van der Waals surface area contributed by atoms with Crippen LogP contribution in [0.1, 0.15) is 5.69 Å². The molecule has 2 aromatic rings. The number of piperazine rings is 1. The van der Waals surface area contributed by atoms with Crippen molar-refractivity contribution in [2.75, 3.05) is 26.2 Å². The molecule has 4 nitrogen and oxygen atoms in total. The highest BCUT2D eigenvalue weighted by molar-refractivity contribution is 6.30. The molecule has 1 fully saturated rings. The summed E-state index contributed by atoms with van der Waals surface area (Å²) in [6.45, 7) is 5.24. The number of nitrogens with zero attached hydrogens (tertiary/aromatic N) is 3. The van der Waals surface area contributed by atoms with Crippen LogP contribution < -0.4 is 5.32 Å². The lowest BCUT2D eigenvalue weighted by Crippen LogP contribution is -2.42. The Morgan fingerprint density at radius 1 is 1.24 bits per heavy atom. The Morgan fingerprint density at radius 3 is 2.88 bits per heavy atom. The molecule has 1 N–H and O–H groups in total. The Bertz CT molecular complexity index is 516. The highest BCUT2D eigenvalue weighted by Crippen LogP contribution is 2.13. The summed E-state index contributed by atoms with van der Waals surface area (Å²) in [5, 5.41) is 4.09. The van der Waals surface area contributed by atoms with Crippen molar-refractivity contribution in [3.63, 3.8) is 0 Å². The number of nitrogens with one attached hydrogen (secondary N) is 1. The maximum atomic E-state index is 5.95. The second-order valence-electron chi connectivity index (χ2n) is 4.37. The van der Waals surface area contributed by atoms with Crippen molar-refractivity contribution in [3.8, 4) is 0 Å². The number of pyridine rings is 1. The molecule has 0 unspecified atom stereocenters. The Morgan fingerprint density at radius 2 is 2.06 bits per heavy atom. The SMILES string of the molecule is Clc1ccc2nc(CN3CCNCC3)cn2c1. The van der Waals surface area contributed by atoms with Crippen LogP contribution in [0.5, 0.6) is 0 Å². The van der Waals surface area contributed by atoms with Gasteiger partial charge in [-0.1, -0.05) is 11.6 Å². The third kappa shape index (κ3) is 2.44. The Hall–Kier alpha value is -1.10. The Kier molecular flexibility index (Phi) is 3.01. The van der Waals surface area contributed by atoms with Gasteiger partial charge in [0.05, 0.1) is 10.7 Å². The smallest absolute Gasteiger partial charge is 0.137 e. The van der Waals surface area contributed by atoms with Crippen LogP contribution in [0.25, 0.3) is 5.65 Å². The van der Waals surface area contributed by atoms with Crippen LogP contribution in [0.3, 0.4) is 0 Å². The second kappa shape index (κ2) is 4.64. The monoisotopic (exact) mass is 250 g/mol. The third-order valence-corrected chi connectivity index (χ3v) is 3.28. The lowest BCUT2D eigenvalue weighted by atomic mass is 10.3. The van der Waals surface area contributed by atoms with Crippen LogP contribution in [0.4, 0.5) is 0 Å². The van der Waals surface area contributed by atoms with E-state index in [9.17, 15) is 0 Å². The highest BCUT2D eigenvalue weighted by Gasteiger charge is 2.11. The average Bonchev–Trinajstić information content (AvgIpc) is 2.71. The molecule has 2 aromatic heterocycles. The van der Waals surface area contributed by atoms with Crippen molar-refractivity contribution in [1.82, 2.24) is 19.6 Å². The van der Waals surface area contributed by atoms with Crippen LogP contribution in [-0.2, 0) is 6.54 Å². The quantitative estimate of drug-likeness (QED) is 0.875. The molecule has 0 atom stereocenters. The topological polar surface area (TPSA) is 32.6 Å².